The molecule has 0 unspecified atom stereocenters. The normalized spacial score (nSPS) is 16.1. The second-order valence-electron chi connectivity index (χ2n) is 6.75. The number of likely N-dealkylation sites (N-methyl/N-ethyl adjacent to an activating group) is 1. The van der Waals surface area contributed by atoms with Crippen LogP contribution in [0.1, 0.15) is 35.5 Å². The van der Waals surface area contributed by atoms with Crippen LogP contribution in [0, 0.1) is 6.92 Å². The zero-order valence-corrected chi connectivity index (χ0v) is 15.8. The average Bonchev–Trinajstić information content (AvgIpc) is 2.65. The first-order valence-corrected chi connectivity index (χ1v) is 9.30. The number of fused-ring (bicyclic) bond motifs is 1. The Morgan fingerprint density at radius 1 is 1.15 bits per heavy atom. The summed E-state index contributed by atoms with van der Waals surface area (Å²) >= 11 is 0. The highest BCUT2D eigenvalue weighted by atomic mass is 16.5. The molecule has 26 heavy (non-hydrogen) atoms. The molecule has 1 saturated heterocycles. The van der Waals surface area contributed by atoms with Crippen molar-refractivity contribution in [2.24, 2.45) is 0 Å². The van der Waals surface area contributed by atoms with Crippen molar-refractivity contribution in [2.45, 2.75) is 27.3 Å². The van der Waals surface area contributed by atoms with Gasteiger partial charge in [-0.05, 0) is 38.6 Å². The van der Waals surface area contributed by atoms with E-state index in [1.54, 1.807) is 25.1 Å². The second-order valence-corrected chi connectivity index (χ2v) is 6.75. The predicted octanol–water partition coefficient (Wildman–Crippen LogP) is 2.15. The van der Waals surface area contributed by atoms with E-state index in [2.05, 4.69) is 21.7 Å². The summed E-state index contributed by atoms with van der Waals surface area (Å²) in [7, 11) is 0. The number of hydrogen-bond acceptors (Lipinski definition) is 5. The third kappa shape index (κ3) is 3.81. The minimum Gasteiger partial charge on any atom is -0.462 e. The van der Waals surface area contributed by atoms with Gasteiger partial charge in [0.1, 0.15) is 0 Å². The molecule has 140 valence electrons. The number of nitrogens with zero attached hydrogens (tertiary/aromatic N) is 2. The Kier molecular flexibility index (Phi) is 5.74. The zero-order chi connectivity index (χ0) is 18.7. The van der Waals surface area contributed by atoms with Gasteiger partial charge in [0.2, 0.25) is 0 Å². The summed E-state index contributed by atoms with van der Waals surface area (Å²) in [4.78, 5) is 33.1. The minimum atomic E-state index is -0.397. The van der Waals surface area contributed by atoms with Gasteiger partial charge in [-0.15, -0.1) is 0 Å². The number of hydrogen-bond donors (Lipinski definition) is 1. The van der Waals surface area contributed by atoms with Crippen LogP contribution in [0.2, 0.25) is 0 Å². The van der Waals surface area contributed by atoms with Crippen LogP contribution in [0.5, 0.6) is 0 Å². The molecule has 6 heteroatoms. The Bertz CT molecular complexity index is 851. The van der Waals surface area contributed by atoms with Gasteiger partial charge in [-0.2, -0.15) is 0 Å². The molecule has 0 amide bonds. The van der Waals surface area contributed by atoms with Crippen molar-refractivity contribution >= 4 is 16.9 Å². The number of ether oxygens (including phenoxy) is 1. The predicted molar refractivity (Wildman–Crippen MR) is 103 cm³/mol. The number of aromatic nitrogens is 1. The number of nitrogens with one attached hydrogen (secondary N) is 1. The van der Waals surface area contributed by atoms with E-state index in [1.807, 2.05) is 6.92 Å². The maximum Gasteiger partial charge on any atom is 0.338 e. The van der Waals surface area contributed by atoms with Gasteiger partial charge in [0.25, 0.3) is 0 Å². The van der Waals surface area contributed by atoms with E-state index in [4.69, 9.17) is 4.74 Å². The summed E-state index contributed by atoms with van der Waals surface area (Å²) in [6.07, 6.45) is 0. The topological polar surface area (TPSA) is 65.6 Å². The first-order chi connectivity index (χ1) is 12.5. The van der Waals surface area contributed by atoms with Crippen LogP contribution in [0.4, 0.5) is 0 Å². The largest absolute Gasteiger partial charge is 0.462 e. The number of piperazine rings is 1. The molecule has 1 aliphatic heterocycles. The summed E-state index contributed by atoms with van der Waals surface area (Å²) in [6.45, 7) is 11.9. The molecule has 0 saturated carbocycles. The number of esters is 1. The maximum atomic E-state index is 13.1. The molecule has 1 N–H and O–H groups in total. The Morgan fingerprint density at radius 3 is 2.50 bits per heavy atom. The van der Waals surface area contributed by atoms with Crippen LogP contribution in [-0.4, -0.2) is 60.1 Å². The van der Waals surface area contributed by atoms with Gasteiger partial charge in [-0.1, -0.05) is 6.92 Å². The fourth-order valence-electron chi connectivity index (χ4n) is 3.47. The number of H-pyrrole nitrogens is 1. The number of rotatable bonds is 5. The summed E-state index contributed by atoms with van der Waals surface area (Å²) in [6, 6.07) is 5.11. The van der Waals surface area contributed by atoms with E-state index in [-0.39, 0.29) is 5.43 Å². The Hall–Kier alpha value is -2.18. The molecule has 0 atom stereocenters. The van der Waals surface area contributed by atoms with E-state index in [9.17, 15) is 9.59 Å². The highest BCUT2D eigenvalue weighted by molar-refractivity contribution is 5.94. The van der Waals surface area contributed by atoms with Gasteiger partial charge in [0.05, 0.1) is 12.2 Å². The van der Waals surface area contributed by atoms with Gasteiger partial charge in [0, 0.05) is 54.9 Å². The smallest absolute Gasteiger partial charge is 0.338 e. The summed E-state index contributed by atoms with van der Waals surface area (Å²) in [5.74, 6) is -0.397. The van der Waals surface area contributed by atoms with Crippen LogP contribution in [-0.2, 0) is 11.3 Å². The first kappa shape index (κ1) is 18.6. The van der Waals surface area contributed by atoms with Crippen molar-refractivity contribution in [1.82, 2.24) is 14.8 Å². The molecule has 0 bridgehead atoms. The van der Waals surface area contributed by atoms with Crippen molar-refractivity contribution < 1.29 is 9.53 Å². The van der Waals surface area contributed by atoms with Crippen LogP contribution in [0.25, 0.3) is 10.9 Å². The molecule has 1 aliphatic rings. The third-order valence-electron chi connectivity index (χ3n) is 5.12. The van der Waals surface area contributed by atoms with E-state index in [0.29, 0.717) is 24.1 Å². The van der Waals surface area contributed by atoms with Crippen LogP contribution < -0.4 is 5.43 Å². The Morgan fingerprint density at radius 2 is 1.85 bits per heavy atom. The lowest BCUT2D eigenvalue weighted by Crippen LogP contribution is -2.46. The SMILES string of the molecule is CCOC(=O)c1ccc2[nH]c(C)c(CN3CCN(CC)CC3)c(=O)c2c1. The van der Waals surface area contributed by atoms with Gasteiger partial charge in [-0.3, -0.25) is 9.69 Å². The van der Waals surface area contributed by atoms with E-state index >= 15 is 0 Å². The summed E-state index contributed by atoms with van der Waals surface area (Å²) in [5.41, 5.74) is 2.84. The lowest BCUT2D eigenvalue weighted by Gasteiger charge is -2.34. The standard InChI is InChI=1S/C20H27N3O3/c1-4-22-8-10-23(11-9-22)13-17-14(3)21-18-7-6-15(20(25)26-5-2)12-16(18)19(17)24/h6-7,12H,4-5,8-11,13H2,1-3H3,(H,21,24). The summed E-state index contributed by atoms with van der Waals surface area (Å²) in [5, 5.41) is 0.545. The van der Waals surface area contributed by atoms with Gasteiger partial charge < -0.3 is 14.6 Å². The van der Waals surface area contributed by atoms with Crippen molar-refractivity contribution in [3.8, 4) is 0 Å². The number of carbonyl (C=O) groups is 1. The average molecular weight is 357 g/mol. The maximum absolute atomic E-state index is 13.1. The van der Waals surface area contributed by atoms with Crippen molar-refractivity contribution in [1.29, 1.82) is 0 Å². The molecule has 0 radical (unpaired) electrons. The molecule has 2 aromatic rings. The molecule has 1 fully saturated rings. The fraction of sp³-hybridized carbons (Fsp3) is 0.500. The number of benzene rings is 1. The molecular formula is C20H27N3O3. The fourth-order valence-corrected chi connectivity index (χ4v) is 3.47. The highest BCUT2D eigenvalue weighted by Gasteiger charge is 2.19. The lowest BCUT2D eigenvalue weighted by molar-refractivity contribution is 0.0526. The molecule has 0 spiro atoms. The van der Waals surface area contributed by atoms with Crippen molar-refractivity contribution in [3.05, 3.63) is 45.2 Å². The van der Waals surface area contributed by atoms with Crippen LogP contribution in [0.15, 0.2) is 23.0 Å². The number of aryl methyl sites for hydroxylation is 1. The van der Waals surface area contributed by atoms with Crippen LogP contribution in [0.3, 0.4) is 0 Å². The van der Waals surface area contributed by atoms with Gasteiger partial charge >= 0.3 is 5.97 Å². The third-order valence-corrected chi connectivity index (χ3v) is 5.12. The van der Waals surface area contributed by atoms with Crippen LogP contribution >= 0.6 is 0 Å². The van der Waals surface area contributed by atoms with E-state index in [1.165, 1.54) is 0 Å². The first-order valence-electron chi connectivity index (χ1n) is 9.30. The quantitative estimate of drug-likeness (QED) is 0.831. The van der Waals surface area contributed by atoms with E-state index in [0.717, 1.165) is 49.5 Å². The molecule has 1 aromatic carbocycles. The lowest BCUT2D eigenvalue weighted by atomic mass is 10.1. The molecule has 6 nitrogen and oxygen atoms in total. The molecule has 2 heterocycles. The zero-order valence-electron chi connectivity index (χ0n) is 15.8. The van der Waals surface area contributed by atoms with Crippen molar-refractivity contribution in [3.63, 3.8) is 0 Å². The van der Waals surface area contributed by atoms with E-state index < -0.39 is 5.97 Å². The minimum absolute atomic E-state index is 0.000296. The molecule has 0 aliphatic carbocycles. The molecular weight excluding hydrogens is 330 g/mol. The number of aromatic amines is 1. The van der Waals surface area contributed by atoms with Gasteiger partial charge in [0.15, 0.2) is 5.43 Å². The molecule has 3 rings (SSSR count). The number of carbonyl (C=O) groups excluding carboxylic acids is 1. The molecule has 1 aromatic heterocycles. The summed E-state index contributed by atoms with van der Waals surface area (Å²) < 4.78 is 5.05. The second kappa shape index (κ2) is 8.01. The monoisotopic (exact) mass is 357 g/mol. The van der Waals surface area contributed by atoms with Gasteiger partial charge in [-0.25, -0.2) is 4.79 Å². The highest BCUT2D eigenvalue weighted by Crippen LogP contribution is 2.16. The Balaban J connectivity index is 1.90. The van der Waals surface area contributed by atoms with Crippen molar-refractivity contribution in [2.75, 3.05) is 39.3 Å². The number of pyridine rings is 1. The Labute approximate surface area is 153 Å².